The lowest BCUT2D eigenvalue weighted by Crippen LogP contribution is -2.28. The fraction of sp³-hybridized carbons (Fsp3) is 0.242. The van der Waals surface area contributed by atoms with Crippen LogP contribution in [0.5, 0.6) is 0 Å². The molecule has 3 aromatic carbocycles. The predicted molar refractivity (Wildman–Crippen MR) is 161 cm³/mol. The summed E-state index contributed by atoms with van der Waals surface area (Å²) in [7, 11) is 0. The second-order valence-corrected chi connectivity index (χ2v) is 11.6. The Balaban J connectivity index is 1.61. The van der Waals surface area contributed by atoms with Gasteiger partial charge in [-0.1, -0.05) is 80.0 Å². The lowest BCUT2D eigenvalue weighted by atomic mass is 9.79. The first-order valence-electron chi connectivity index (χ1n) is 12.7. The number of benzene rings is 3. The molecule has 3 aromatic rings. The Morgan fingerprint density at radius 2 is 1.65 bits per heavy atom. The van der Waals surface area contributed by atoms with Crippen LogP contribution in [-0.4, -0.2) is 23.4 Å². The molecule has 188 valence electrons. The number of nitrogens with zero attached hydrogens (tertiary/aromatic N) is 2. The Labute approximate surface area is 230 Å². The average molecular weight is 529 g/mol. The molecule has 0 amide bonds. The van der Waals surface area contributed by atoms with E-state index in [0.717, 1.165) is 12.2 Å². The van der Waals surface area contributed by atoms with E-state index in [1.165, 1.54) is 39.0 Å². The van der Waals surface area contributed by atoms with Gasteiger partial charge in [0.15, 0.2) is 12.3 Å². The highest BCUT2D eigenvalue weighted by atomic mass is 35.5. The van der Waals surface area contributed by atoms with Crippen molar-refractivity contribution in [1.82, 2.24) is 0 Å². The van der Waals surface area contributed by atoms with Crippen molar-refractivity contribution in [1.29, 1.82) is 0 Å². The van der Waals surface area contributed by atoms with E-state index in [2.05, 4.69) is 105 Å². The second-order valence-electron chi connectivity index (χ2n) is 10.8. The van der Waals surface area contributed by atoms with Gasteiger partial charge < -0.3 is 4.90 Å². The minimum absolute atomic E-state index is 0.162. The molecule has 0 unspecified atom stereocenters. The molecule has 4 heteroatoms. The van der Waals surface area contributed by atoms with E-state index in [1.807, 2.05) is 24.3 Å². The molecule has 0 saturated heterocycles. The number of anilines is 1. The summed E-state index contributed by atoms with van der Waals surface area (Å²) in [6.45, 7) is 18.6. The van der Waals surface area contributed by atoms with Gasteiger partial charge in [0.05, 0.1) is 15.5 Å². The minimum atomic E-state index is -0.229. The Morgan fingerprint density at radius 1 is 0.919 bits per heavy atom. The maximum Gasteiger partial charge on any atom is 0.210 e. The van der Waals surface area contributed by atoms with Crippen LogP contribution in [0.3, 0.4) is 0 Å². The van der Waals surface area contributed by atoms with Crippen molar-refractivity contribution >= 4 is 51.1 Å². The Bertz CT molecular complexity index is 1540. The number of hydrogen-bond acceptors (Lipinski definition) is 1. The summed E-state index contributed by atoms with van der Waals surface area (Å²) >= 11 is 12.8. The second kappa shape index (κ2) is 9.35. The molecule has 2 aliphatic heterocycles. The zero-order valence-electron chi connectivity index (χ0n) is 22.0. The first-order valence-corrected chi connectivity index (χ1v) is 13.4. The van der Waals surface area contributed by atoms with Crippen molar-refractivity contribution in [2.75, 3.05) is 18.0 Å². The number of fused-ring (bicyclic) bond motifs is 4. The normalized spacial score (nSPS) is 18.6. The molecule has 2 aliphatic rings. The minimum Gasteiger partial charge on any atom is -0.340 e. The molecule has 0 bridgehead atoms. The summed E-state index contributed by atoms with van der Waals surface area (Å²) in [5.41, 5.74) is 6.92. The van der Waals surface area contributed by atoms with Gasteiger partial charge in [-0.3, -0.25) is 0 Å². The molecule has 5 rings (SSSR count). The third-order valence-corrected chi connectivity index (χ3v) is 8.54. The van der Waals surface area contributed by atoms with Gasteiger partial charge in [0, 0.05) is 41.1 Å². The smallest absolute Gasteiger partial charge is 0.210 e. The van der Waals surface area contributed by atoms with Gasteiger partial charge in [-0.15, -0.1) is 6.58 Å². The van der Waals surface area contributed by atoms with Gasteiger partial charge in [-0.25, -0.2) is 0 Å². The molecule has 0 aliphatic carbocycles. The first-order chi connectivity index (χ1) is 17.6. The largest absolute Gasteiger partial charge is 0.340 e. The lowest BCUT2D eigenvalue weighted by molar-refractivity contribution is -0.425. The van der Waals surface area contributed by atoms with Gasteiger partial charge in [-0.05, 0) is 60.5 Å². The zero-order chi connectivity index (χ0) is 26.5. The third-order valence-electron chi connectivity index (χ3n) is 7.82. The molecule has 0 spiro atoms. The quantitative estimate of drug-likeness (QED) is 0.228. The van der Waals surface area contributed by atoms with Crippen LogP contribution in [0.25, 0.3) is 10.8 Å². The molecule has 37 heavy (non-hydrogen) atoms. The van der Waals surface area contributed by atoms with E-state index in [-0.39, 0.29) is 10.8 Å². The molecular formula is C33H33Cl2N2+. The maximum atomic E-state index is 6.42. The van der Waals surface area contributed by atoms with E-state index in [0.29, 0.717) is 16.6 Å². The van der Waals surface area contributed by atoms with Crippen LogP contribution in [0.2, 0.25) is 10.0 Å². The topological polar surface area (TPSA) is 6.25 Å². The van der Waals surface area contributed by atoms with Gasteiger partial charge >= 0.3 is 0 Å². The number of halogens is 2. The summed E-state index contributed by atoms with van der Waals surface area (Å²) < 4.78 is 2.39. The summed E-state index contributed by atoms with van der Waals surface area (Å²) in [6, 6.07) is 17.1. The van der Waals surface area contributed by atoms with Crippen LogP contribution in [-0.2, 0) is 10.8 Å². The summed E-state index contributed by atoms with van der Waals surface area (Å²) in [4.78, 5) is 2.28. The fourth-order valence-corrected chi connectivity index (χ4v) is 6.40. The van der Waals surface area contributed by atoms with Crippen LogP contribution in [0.1, 0.15) is 38.8 Å². The first kappa shape index (κ1) is 25.6. The van der Waals surface area contributed by atoms with Gasteiger partial charge in [-0.2, -0.15) is 4.58 Å². The molecule has 0 aromatic heterocycles. The van der Waals surface area contributed by atoms with E-state index in [1.54, 1.807) is 0 Å². The molecule has 0 saturated carbocycles. The lowest BCUT2D eigenvalue weighted by Gasteiger charge is -2.26. The number of hydrogen-bond donors (Lipinski definition) is 0. The van der Waals surface area contributed by atoms with Crippen molar-refractivity contribution < 1.29 is 4.58 Å². The molecule has 0 radical (unpaired) electrons. The average Bonchev–Trinajstić information content (AvgIpc) is 3.19. The van der Waals surface area contributed by atoms with Crippen molar-refractivity contribution in [3.63, 3.8) is 0 Å². The van der Waals surface area contributed by atoms with Crippen LogP contribution < -0.4 is 4.90 Å². The monoisotopic (exact) mass is 527 g/mol. The SMILES string of the molecule is C=CCN1C(=CC=CC2=[N+](CC=C)c3ccc4ccccc4c3C2(C)C)C(C)(C)c2cc(Cl)c(Cl)cc21. The third kappa shape index (κ3) is 3.98. The van der Waals surface area contributed by atoms with Crippen LogP contribution in [0.15, 0.2) is 97.8 Å². The van der Waals surface area contributed by atoms with Crippen molar-refractivity contribution in [2.45, 2.75) is 38.5 Å². The highest BCUT2D eigenvalue weighted by molar-refractivity contribution is 6.42. The van der Waals surface area contributed by atoms with Crippen LogP contribution in [0.4, 0.5) is 11.4 Å². The molecule has 2 nitrogen and oxygen atoms in total. The summed E-state index contributed by atoms with van der Waals surface area (Å²) in [5.74, 6) is 0. The van der Waals surface area contributed by atoms with Crippen molar-refractivity contribution in [3.8, 4) is 0 Å². The highest BCUT2D eigenvalue weighted by Crippen LogP contribution is 2.50. The number of allylic oxidation sites excluding steroid dienone is 4. The Morgan fingerprint density at radius 3 is 2.38 bits per heavy atom. The van der Waals surface area contributed by atoms with Crippen LogP contribution in [0, 0.1) is 0 Å². The van der Waals surface area contributed by atoms with Crippen molar-refractivity contribution in [2.24, 2.45) is 0 Å². The predicted octanol–water partition coefficient (Wildman–Crippen LogP) is 9.13. The van der Waals surface area contributed by atoms with Gasteiger partial charge in [0.1, 0.15) is 0 Å². The molecular weight excluding hydrogens is 495 g/mol. The van der Waals surface area contributed by atoms with E-state index < -0.39 is 0 Å². The van der Waals surface area contributed by atoms with E-state index in [4.69, 9.17) is 23.2 Å². The van der Waals surface area contributed by atoms with E-state index >= 15 is 0 Å². The summed E-state index contributed by atoms with van der Waals surface area (Å²) in [6.07, 6.45) is 10.6. The molecule has 2 heterocycles. The summed E-state index contributed by atoms with van der Waals surface area (Å²) in [5, 5.41) is 3.72. The Kier molecular flexibility index (Phi) is 6.46. The fourth-order valence-electron chi connectivity index (χ4n) is 6.08. The number of rotatable bonds is 6. The standard InChI is InChI=1S/C33H33Cl2N2/c1-7-18-36-27-17-16-22-12-9-10-13-23(22)31(27)33(5,6)30(36)15-11-14-29-32(3,4)24-20-25(34)26(35)21-28(24)37(29)19-8-2/h7-17,20-21H,1-2,18-19H2,3-6H3/q+1. The zero-order valence-corrected chi connectivity index (χ0v) is 23.5. The van der Waals surface area contributed by atoms with E-state index in [9.17, 15) is 0 Å². The Hall–Kier alpha value is -3.07. The van der Waals surface area contributed by atoms with Gasteiger partial charge in [0.25, 0.3) is 0 Å². The maximum absolute atomic E-state index is 6.42. The molecule has 0 atom stereocenters. The van der Waals surface area contributed by atoms with Crippen molar-refractivity contribution in [3.05, 3.63) is 119 Å². The van der Waals surface area contributed by atoms with Gasteiger partial charge in [0.2, 0.25) is 5.69 Å². The van der Waals surface area contributed by atoms with Crippen LogP contribution >= 0.6 is 23.2 Å². The molecule has 0 N–H and O–H groups in total. The molecule has 0 fully saturated rings. The highest BCUT2D eigenvalue weighted by Gasteiger charge is 2.45.